The predicted octanol–water partition coefficient (Wildman–Crippen LogP) is 2.40. The van der Waals surface area contributed by atoms with Crippen LogP contribution in [0.25, 0.3) is 0 Å². The van der Waals surface area contributed by atoms with Crippen LogP contribution >= 0.6 is 0 Å². The van der Waals surface area contributed by atoms with Crippen molar-refractivity contribution in [1.82, 2.24) is 10.6 Å². The summed E-state index contributed by atoms with van der Waals surface area (Å²) >= 11 is 0. The highest BCUT2D eigenvalue weighted by molar-refractivity contribution is 4.97. The van der Waals surface area contributed by atoms with Gasteiger partial charge in [0.15, 0.2) is 0 Å². The molecule has 0 amide bonds. The van der Waals surface area contributed by atoms with E-state index in [1.54, 1.807) is 0 Å². The lowest BCUT2D eigenvalue weighted by Crippen LogP contribution is -2.43. The quantitative estimate of drug-likeness (QED) is 0.749. The van der Waals surface area contributed by atoms with Crippen molar-refractivity contribution in [2.45, 2.75) is 46.5 Å². The molecule has 16 heavy (non-hydrogen) atoms. The van der Waals surface area contributed by atoms with E-state index < -0.39 is 0 Å². The van der Waals surface area contributed by atoms with Crippen LogP contribution in [0, 0.1) is 16.7 Å². The summed E-state index contributed by atoms with van der Waals surface area (Å²) < 4.78 is 0. The lowest BCUT2D eigenvalue weighted by molar-refractivity contribution is 0.209. The molecule has 2 aliphatic rings. The summed E-state index contributed by atoms with van der Waals surface area (Å²) in [6.45, 7) is 12.1. The van der Waals surface area contributed by atoms with Gasteiger partial charge in [-0.3, -0.25) is 0 Å². The Bertz CT molecular complexity index is 225. The van der Waals surface area contributed by atoms with E-state index in [0.29, 0.717) is 10.8 Å². The Hall–Kier alpha value is -0.0800. The van der Waals surface area contributed by atoms with Gasteiger partial charge in [0.25, 0.3) is 0 Å². The number of hydrogen-bond acceptors (Lipinski definition) is 2. The van der Waals surface area contributed by atoms with Crippen LogP contribution in [0.5, 0.6) is 0 Å². The van der Waals surface area contributed by atoms with Gasteiger partial charge in [0.2, 0.25) is 0 Å². The fourth-order valence-corrected chi connectivity index (χ4v) is 2.94. The molecule has 2 rings (SSSR count). The Labute approximate surface area is 101 Å². The second-order valence-corrected chi connectivity index (χ2v) is 6.68. The molecule has 0 radical (unpaired) electrons. The van der Waals surface area contributed by atoms with Gasteiger partial charge in [-0.05, 0) is 55.5 Å². The van der Waals surface area contributed by atoms with Crippen molar-refractivity contribution in [3.8, 4) is 0 Å². The highest BCUT2D eigenvalue weighted by Crippen LogP contribution is 2.51. The summed E-state index contributed by atoms with van der Waals surface area (Å²) in [6, 6.07) is 0. The Kier molecular flexibility index (Phi) is 3.60. The topological polar surface area (TPSA) is 24.1 Å². The van der Waals surface area contributed by atoms with Gasteiger partial charge in [0, 0.05) is 13.1 Å². The first-order valence-electron chi connectivity index (χ1n) is 6.98. The maximum atomic E-state index is 3.75. The minimum Gasteiger partial charge on any atom is -0.317 e. The second kappa shape index (κ2) is 4.66. The highest BCUT2D eigenvalue weighted by Gasteiger charge is 2.44. The zero-order chi connectivity index (χ0) is 11.6. The van der Waals surface area contributed by atoms with Gasteiger partial charge in [-0.15, -0.1) is 0 Å². The molecule has 1 saturated carbocycles. The van der Waals surface area contributed by atoms with Crippen molar-refractivity contribution < 1.29 is 0 Å². The van der Waals surface area contributed by atoms with Gasteiger partial charge in [-0.2, -0.15) is 0 Å². The van der Waals surface area contributed by atoms with Gasteiger partial charge >= 0.3 is 0 Å². The molecule has 0 bridgehead atoms. The minimum absolute atomic E-state index is 0.540. The molecule has 0 aromatic rings. The van der Waals surface area contributed by atoms with Crippen LogP contribution in [0.1, 0.15) is 46.5 Å². The molecule has 0 atom stereocenters. The molecule has 2 nitrogen and oxygen atoms in total. The summed E-state index contributed by atoms with van der Waals surface area (Å²) in [5, 5.41) is 7.20. The van der Waals surface area contributed by atoms with E-state index in [4.69, 9.17) is 0 Å². The zero-order valence-corrected chi connectivity index (χ0v) is 11.2. The standard InChI is InChI=1S/C14H28N2/c1-12(2)14(4-5-14)11-16-10-13(3)6-8-15-9-7-13/h12,15-16H,4-11H2,1-3H3. The van der Waals surface area contributed by atoms with Crippen molar-refractivity contribution in [2.24, 2.45) is 16.7 Å². The molecule has 2 N–H and O–H groups in total. The van der Waals surface area contributed by atoms with E-state index in [0.717, 1.165) is 5.92 Å². The average Bonchev–Trinajstić information content (AvgIpc) is 3.00. The van der Waals surface area contributed by atoms with Crippen molar-refractivity contribution in [2.75, 3.05) is 26.2 Å². The SMILES string of the molecule is CC(C)C1(CNCC2(C)CCNCC2)CC1. The Morgan fingerprint density at radius 1 is 1.06 bits per heavy atom. The smallest absolute Gasteiger partial charge is 0.00105 e. The molecule has 1 heterocycles. The minimum atomic E-state index is 0.540. The molecule has 94 valence electrons. The predicted molar refractivity (Wildman–Crippen MR) is 69.6 cm³/mol. The number of hydrogen-bond donors (Lipinski definition) is 2. The average molecular weight is 224 g/mol. The lowest BCUT2D eigenvalue weighted by atomic mass is 9.80. The van der Waals surface area contributed by atoms with E-state index in [9.17, 15) is 0 Å². The highest BCUT2D eigenvalue weighted by atomic mass is 14.9. The fourth-order valence-electron chi connectivity index (χ4n) is 2.94. The van der Waals surface area contributed by atoms with Gasteiger partial charge in [-0.25, -0.2) is 0 Å². The summed E-state index contributed by atoms with van der Waals surface area (Å²) in [7, 11) is 0. The number of nitrogens with one attached hydrogen (secondary N) is 2. The molecule has 0 aromatic heterocycles. The van der Waals surface area contributed by atoms with Crippen molar-refractivity contribution in [3.05, 3.63) is 0 Å². The zero-order valence-electron chi connectivity index (χ0n) is 11.2. The van der Waals surface area contributed by atoms with E-state index in [-0.39, 0.29) is 0 Å². The molecular weight excluding hydrogens is 196 g/mol. The van der Waals surface area contributed by atoms with E-state index in [1.807, 2.05) is 0 Å². The fraction of sp³-hybridized carbons (Fsp3) is 1.00. The maximum Gasteiger partial charge on any atom is 0.00105 e. The van der Waals surface area contributed by atoms with Gasteiger partial charge < -0.3 is 10.6 Å². The normalized spacial score (nSPS) is 27.0. The van der Waals surface area contributed by atoms with Crippen LogP contribution in [0.15, 0.2) is 0 Å². The Morgan fingerprint density at radius 2 is 1.69 bits per heavy atom. The van der Waals surface area contributed by atoms with Crippen LogP contribution < -0.4 is 10.6 Å². The molecule has 2 heteroatoms. The number of piperidine rings is 1. The molecular formula is C14H28N2. The maximum absolute atomic E-state index is 3.75. The van der Waals surface area contributed by atoms with Gasteiger partial charge in [0.1, 0.15) is 0 Å². The van der Waals surface area contributed by atoms with E-state index in [2.05, 4.69) is 31.4 Å². The monoisotopic (exact) mass is 224 g/mol. The summed E-state index contributed by atoms with van der Waals surface area (Å²) in [4.78, 5) is 0. The lowest BCUT2D eigenvalue weighted by Gasteiger charge is -2.35. The first-order chi connectivity index (χ1) is 7.56. The molecule has 1 aliphatic carbocycles. The summed E-state index contributed by atoms with van der Waals surface area (Å²) in [6.07, 6.45) is 5.54. The molecule has 0 unspecified atom stereocenters. The molecule has 0 spiro atoms. The first kappa shape index (κ1) is 12.4. The third-order valence-corrected chi connectivity index (χ3v) is 4.96. The van der Waals surface area contributed by atoms with Crippen molar-refractivity contribution in [3.63, 3.8) is 0 Å². The molecule has 1 aliphatic heterocycles. The van der Waals surface area contributed by atoms with Crippen molar-refractivity contribution in [1.29, 1.82) is 0 Å². The van der Waals surface area contributed by atoms with Crippen LogP contribution in [0.2, 0.25) is 0 Å². The van der Waals surface area contributed by atoms with Crippen LogP contribution in [0.4, 0.5) is 0 Å². The van der Waals surface area contributed by atoms with E-state index in [1.165, 1.54) is 51.9 Å². The Balaban J connectivity index is 1.71. The first-order valence-corrected chi connectivity index (χ1v) is 6.98. The molecule has 2 fully saturated rings. The molecule has 0 aromatic carbocycles. The van der Waals surface area contributed by atoms with E-state index >= 15 is 0 Å². The second-order valence-electron chi connectivity index (χ2n) is 6.68. The van der Waals surface area contributed by atoms with Crippen LogP contribution in [-0.4, -0.2) is 26.2 Å². The van der Waals surface area contributed by atoms with Gasteiger partial charge in [-0.1, -0.05) is 20.8 Å². The van der Waals surface area contributed by atoms with Gasteiger partial charge in [0.05, 0.1) is 0 Å². The third kappa shape index (κ3) is 2.78. The Morgan fingerprint density at radius 3 is 2.19 bits per heavy atom. The van der Waals surface area contributed by atoms with Crippen LogP contribution in [-0.2, 0) is 0 Å². The largest absolute Gasteiger partial charge is 0.317 e. The van der Waals surface area contributed by atoms with Crippen molar-refractivity contribution >= 4 is 0 Å². The number of rotatable bonds is 5. The summed E-state index contributed by atoms with van der Waals surface area (Å²) in [5.74, 6) is 0.848. The molecule has 1 saturated heterocycles. The van der Waals surface area contributed by atoms with Crippen LogP contribution in [0.3, 0.4) is 0 Å². The third-order valence-electron chi connectivity index (χ3n) is 4.96. The summed E-state index contributed by atoms with van der Waals surface area (Å²) in [5.41, 5.74) is 1.20.